The van der Waals surface area contributed by atoms with Gasteiger partial charge >= 0.3 is 6.03 Å². The van der Waals surface area contributed by atoms with Crippen molar-refractivity contribution in [2.45, 2.75) is 69.0 Å². The molecule has 0 bridgehead atoms. The van der Waals surface area contributed by atoms with E-state index in [1.165, 1.54) is 24.8 Å². The summed E-state index contributed by atoms with van der Waals surface area (Å²) in [5, 5.41) is 11.3. The van der Waals surface area contributed by atoms with Crippen LogP contribution in [0.15, 0.2) is 30.3 Å². The molecule has 166 valence electrons. The first kappa shape index (κ1) is 21.6. The average molecular weight is 415 g/mol. The van der Waals surface area contributed by atoms with E-state index in [0.717, 1.165) is 32.2 Å². The van der Waals surface area contributed by atoms with Crippen LogP contribution in [0.2, 0.25) is 0 Å². The Morgan fingerprint density at radius 1 is 1.17 bits per heavy atom. The van der Waals surface area contributed by atoms with Gasteiger partial charge in [-0.1, -0.05) is 36.8 Å². The maximum atomic E-state index is 13.4. The van der Waals surface area contributed by atoms with Gasteiger partial charge in [-0.25, -0.2) is 10.2 Å². The molecule has 2 N–H and O–H groups in total. The van der Waals surface area contributed by atoms with Crippen LogP contribution in [0, 0.1) is 5.92 Å². The molecule has 6 heteroatoms. The van der Waals surface area contributed by atoms with Crippen molar-refractivity contribution in [3.63, 3.8) is 0 Å². The van der Waals surface area contributed by atoms with E-state index in [-0.39, 0.29) is 29.8 Å². The Labute approximate surface area is 181 Å². The lowest BCUT2D eigenvalue weighted by Gasteiger charge is -2.51. The monoisotopic (exact) mass is 414 g/mol. The molecule has 3 fully saturated rings. The average Bonchev–Trinajstić information content (AvgIpc) is 2.96. The van der Waals surface area contributed by atoms with Gasteiger partial charge in [-0.15, -0.1) is 0 Å². The van der Waals surface area contributed by atoms with Gasteiger partial charge in [-0.05, 0) is 71.0 Å². The van der Waals surface area contributed by atoms with E-state index in [0.29, 0.717) is 12.5 Å². The van der Waals surface area contributed by atoms with Crippen LogP contribution in [0.3, 0.4) is 0 Å². The van der Waals surface area contributed by atoms with Crippen LogP contribution in [-0.4, -0.2) is 71.3 Å². The molecule has 4 rings (SSSR count). The van der Waals surface area contributed by atoms with Crippen LogP contribution in [0.5, 0.6) is 0 Å². The van der Waals surface area contributed by atoms with E-state index in [4.69, 9.17) is 0 Å². The van der Waals surface area contributed by atoms with E-state index in [1.807, 2.05) is 6.92 Å². The van der Waals surface area contributed by atoms with Crippen molar-refractivity contribution in [2.24, 2.45) is 5.92 Å². The maximum Gasteiger partial charge on any atom is 0.334 e. The number of urea groups is 1. The number of nitrogens with zero attached hydrogens (tertiary/aromatic N) is 3. The molecule has 0 aromatic heterocycles. The van der Waals surface area contributed by atoms with Gasteiger partial charge in [0, 0.05) is 18.1 Å². The van der Waals surface area contributed by atoms with Gasteiger partial charge in [0.05, 0.1) is 18.7 Å². The third kappa shape index (κ3) is 3.74. The molecule has 1 aromatic carbocycles. The van der Waals surface area contributed by atoms with E-state index in [9.17, 15) is 9.90 Å². The fourth-order valence-corrected chi connectivity index (χ4v) is 5.71. The quantitative estimate of drug-likeness (QED) is 0.720. The minimum Gasteiger partial charge on any atom is -0.395 e. The summed E-state index contributed by atoms with van der Waals surface area (Å²) >= 11 is 0. The number of rotatable bonds is 7. The number of hydrazine groups is 1. The molecule has 0 radical (unpaired) electrons. The number of hydrogen-bond donors (Lipinski definition) is 2. The number of carbonyl (C=O) groups is 1. The number of aliphatic hydroxyl groups excluding tert-OH is 1. The Bertz CT molecular complexity index is 726. The van der Waals surface area contributed by atoms with Gasteiger partial charge in [0.25, 0.3) is 0 Å². The highest BCUT2D eigenvalue weighted by molar-refractivity contribution is 5.78. The Balaban J connectivity index is 1.57. The van der Waals surface area contributed by atoms with Crippen molar-refractivity contribution < 1.29 is 9.90 Å². The highest BCUT2D eigenvalue weighted by Gasteiger charge is 2.55. The predicted octanol–water partition coefficient (Wildman–Crippen LogP) is 3.18. The summed E-state index contributed by atoms with van der Waals surface area (Å²) in [4.78, 5) is 17.9. The van der Waals surface area contributed by atoms with E-state index in [1.54, 1.807) is 5.01 Å². The third-order valence-corrected chi connectivity index (χ3v) is 7.98. The van der Waals surface area contributed by atoms with Crippen LogP contribution in [0.1, 0.15) is 57.4 Å². The molecular weight excluding hydrogens is 376 g/mol. The Morgan fingerprint density at radius 2 is 1.83 bits per heavy atom. The summed E-state index contributed by atoms with van der Waals surface area (Å²) in [6.07, 6.45) is 7.87. The van der Waals surface area contributed by atoms with Gasteiger partial charge in [0.1, 0.15) is 0 Å². The number of nitrogens with one attached hydrogen (secondary N) is 1. The predicted molar refractivity (Wildman–Crippen MR) is 119 cm³/mol. The van der Waals surface area contributed by atoms with E-state index >= 15 is 0 Å². The lowest BCUT2D eigenvalue weighted by molar-refractivity contribution is 0.0150. The molecule has 6 nitrogen and oxygen atoms in total. The topological polar surface area (TPSA) is 59.1 Å². The third-order valence-electron chi connectivity index (χ3n) is 7.98. The molecular formula is C24H38N4O2. The summed E-state index contributed by atoms with van der Waals surface area (Å²) in [7, 11) is 4.38. The fraction of sp³-hybridized carbons (Fsp3) is 0.708. The van der Waals surface area contributed by atoms with Gasteiger partial charge in [-0.2, -0.15) is 0 Å². The van der Waals surface area contributed by atoms with Gasteiger partial charge in [-0.3, -0.25) is 9.91 Å². The summed E-state index contributed by atoms with van der Waals surface area (Å²) in [6.45, 7) is 3.53. The molecule has 2 aliphatic carbocycles. The molecule has 1 aliphatic heterocycles. The number of amides is 2. The number of carbonyl (C=O) groups excluding carboxylic acids is 1. The standard InChI is InChI=1S/C24H38N4O2/c1-19(17-29)25-28-18-23(27(22(28)30)16-20-8-7-9-20)12-14-24(15-13-23,26(2)3)21-10-5-4-6-11-21/h4-6,10-11,19-20,25,29H,7-9,12-18H2,1-3H3/t19-,23-,24+/m1/s1. The molecule has 2 amide bonds. The highest BCUT2D eigenvalue weighted by atomic mass is 16.3. The minimum atomic E-state index is -0.122. The summed E-state index contributed by atoms with van der Waals surface area (Å²) in [6, 6.07) is 10.8. The van der Waals surface area contributed by atoms with Crippen molar-refractivity contribution in [2.75, 3.05) is 33.8 Å². The first-order valence-electron chi connectivity index (χ1n) is 11.6. The smallest absolute Gasteiger partial charge is 0.334 e. The van der Waals surface area contributed by atoms with E-state index in [2.05, 4.69) is 59.7 Å². The van der Waals surface area contributed by atoms with Crippen LogP contribution >= 0.6 is 0 Å². The lowest BCUT2D eigenvalue weighted by atomic mass is 9.68. The molecule has 0 unspecified atom stereocenters. The molecule has 1 saturated heterocycles. The van der Waals surface area contributed by atoms with E-state index < -0.39 is 0 Å². The van der Waals surface area contributed by atoms with Crippen molar-refractivity contribution in [1.29, 1.82) is 0 Å². The molecule has 30 heavy (non-hydrogen) atoms. The molecule has 1 heterocycles. The summed E-state index contributed by atoms with van der Waals surface area (Å²) in [5.41, 5.74) is 4.54. The van der Waals surface area contributed by atoms with Crippen LogP contribution in [-0.2, 0) is 5.54 Å². The zero-order valence-corrected chi connectivity index (χ0v) is 18.8. The molecule has 1 spiro atoms. The number of hydrogen-bond acceptors (Lipinski definition) is 4. The SMILES string of the molecule is C[C@H](CO)NN1C[C@]2(CC[C@](c3ccccc3)(N(C)C)CC2)N(CC2CCC2)C1=O. The van der Waals surface area contributed by atoms with Crippen molar-refractivity contribution in [3.8, 4) is 0 Å². The minimum absolute atomic E-state index is 0.0247. The second-order valence-electron chi connectivity index (χ2n) is 10.0. The molecule has 1 atom stereocenters. The van der Waals surface area contributed by atoms with Gasteiger partial charge in [0.2, 0.25) is 0 Å². The van der Waals surface area contributed by atoms with Gasteiger partial charge in [0.15, 0.2) is 0 Å². The Hall–Kier alpha value is -1.63. The van der Waals surface area contributed by atoms with Crippen LogP contribution < -0.4 is 5.43 Å². The zero-order valence-electron chi connectivity index (χ0n) is 18.8. The molecule has 2 saturated carbocycles. The first-order chi connectivity index (χ1) is 14.4. The largest absolute Gasteiger partial charge is 0.395 e. The van der Waals surface area contributed by atoms with Gasteiger partial charge < -0.3 is 10.0 Å². The van der Waals surface area contributed by atoms with Crippen molar-refractivity contribution >= 4 is 6.03 Å². The maximum absolute atomic E-state index is 13.4. The Kier molecular flexibility index (Phi) is 6.11. The highest BCUT2D eigenvalue weighted by Crippen LogP contribution is 2.49. The van der Waals surface area contributed by atoms with Crippen molar-refractivity contribution in [3.05, 3.63) is 35.9 Å². The first-order valence-corrected chi connectivity index (χ1v) is 11.6. The van der Waals surface area contributed by atoms with Crippen molar-refractivity contribution in [1.82, 2.24) is 20.2 Å². The molecule has 3 aliphatic rings. The van der Waals surface area contributed by atoms with Crippen LogP contribution in [0.25, 0.3) is 0 Å². The second-order valence-corrected chi connectivity index (χ2v) is 10.0. The summed E-state index contributed by atoms with van der Waals surface area (Å²) in [5.74, 6) is 0.649. The lowest BCUT2D eigenvalue weighted by Crippen LogP contribution is -2.56. The fourth-order valence-electron chi connectivity index (χ4n) is 5.71. The Morgan fingerprint density at radius 3 is 2.37 bits per heavy atom. The normalized spacial score (nSPS) is 30.9. The summed E-state index contributed by atoms with van der Waals surface area (Å²) < 4.78 is 0. The molecule has 1 aromatic rings. The second kappa shape index (κ2) is 8.48. The number of benzene rings is 1. The zero-order chi connectivity index (χ0) is 21.4. The van der Waals surface area contributed by atoms with Crippen LogP contribution in [0.4, 0.5) is 4.79 Å². The number of aliphatic hydroxyl groups is 1.